The number of anilines is 1. The van der Waals surface area contributed by atoms with Gasteiger partial charge in [0.05, 0.1) is 11.3 Å². The Morgan fingerprint density at radius 2 is 2.19 bits per heavy atom. The Morgan fingerprint density at radius 1 is 1.48 bits per heavy atom. The molecule has 0 aromatic heterocycles. The zero-order valence-corrected chi connectivity index (χ0v) is 13.7. The molecular weight excluding hydrogens is 358 g/mol. The summed E-state index contributed by atoms with van der Waals surface area (Å²) in [6.45, 7) is 1.93. The fraction of sp³-hybridized carbons (Fsp3) is 0.357. The maximum atomic E-state index is 12.2. The number of halogens is 1. The Morgan fingerprint density at radius 3 is 2.81 bits per heavy atom. The highest BCUT2D eigenvalue weighted by atomic mass is 79.9. The van der Waals surface area contributed by atoms with Gasteiger partial charge in [-0.2, -0.15) is 0 Å². The number of amides is 1. The number of carboxylic acid groups (broad SMARTS) is 1. The van der Waals surface area contributed by atoms with Gasteiger partial charge in [0.25, 0.3) is 0 Å². The van der Waals surface area contributed by atoms with Crippen LogP contribution in [-0.4, -0.2) is 34.4 Å². The Hall–Kier alpha value is -1.34. The van der Waals surface area contributed by atoms with Crippen molar-refractivity contribution in [3.05, 3.63) is 28.2 Å². The minimum atomic E-state index is -1.07. The number of hydrogen-bond donors (Lipinski definition) is 1. The van der Waals surface area contributed by atoms with E-state index in [2.05, 4.69) is 15.9 Å². The Bertz CT molecular complexity index is 605. The average molecular weight is 372 g/mol. The van der Waals surface area contributed by atoms with Gasteiger partial charge in [-0.05, 0) is 34.0 Å². The van der Waals surface area contributed by atoms with Gasteiger partial charge in [-0.1, -0.05) is 17.8 Å². The quantitative estimate of drug-likeness (QED) is 0.880. The van der Waals surface area contributed by atoms with Crippen molar-refractivity contribution in [3.8, 4) is 0 Å². The first-order valence-corrected chi connectivity index (χ1v) is 8.13. The molecule has 1 unspecified atom stereocenters. The number of para-hydroxylation sites is 1. The number of rotatable bonds is 4. The lowest BCUT2D eigenvalue weighted by Gasteiger charge is -2.20. The third kappa shape index (κ3) is 3.65. The average Bonchev–Trinajstić information content (AvgIpc) is 2.77. The second kappa shape index (κ2) is 6.62. The molecule has 1 N–H and O–H groups in total. The molecule has 1 aromatic rings. The minimum Gasteiger partial charge on any atom is -0.478 e. The number of benzene rings is 1. The summed E-state index contributed by atoms with van der Waals surface area (Å²) in [7, 11) is 0. The van der Waals surface area contributed by atoms with E-state index in [1.54, 1.807) is 12.1 Å². The van der Waals surface area contributed by atoms with Crippen LogP contribution in [0.5, 0.6) is 0 Å². The molecule has 1 fully saturated rings. The maximum absolute atomic E-state index is 12.2. The van der Waals surface area contributed by atoms with E-state index in [0.29, 0.717) is 28.9 Å². The predicted octanol–water partition coefficient (Wildman–Crippen LogP) is 2.78. The summed E-state index contributed by atoms with van der Waals surface area (Å²) in [6.07, 6.45) is 0.334. The molecule has 112 valence electrons. The lowest BCUT2D eigenvalue weighted by Crippen LogP contribution is -2.27. The van der Waals surface area contributed by atoms with Gasteiger partial charge >= 0.3 is 5.97 Å². The van der Waals surface area contributed by atoms with E-state index in [1.165, 1.54) is 29.7 Å². The van der Waals surface area contributed by atoms with Crippen LogP contribution in [0.15, 0.2) is 22.7 Å². The lowest BCUT2D eigenvalue weighted by molar-refractivity contribution is -0.117. The van der Waals surface area contributed by atoms with Crippen molar-refractivity contribution < 1.29 is 19.5 Å². The molecule has 0 aliphatic carbocycles. The van der Waals surface area contributed by atoms with Crippen LogP contribution in [-0.2, 0) is 9.59 Å². The highest BCUT2D eigenvalue weighted by Gasteiger charge is 2.33. The molecule has 1 aliphatic rings. The zero-order chi connectivity index (χ0) is 15.6. The summed E-state index contributed by atoms with van der Waals surface area (Å²) in [5, 5.41) is 9.29. The monoisotopic (exact) mass is 371 g/mol. The molecule has 7 heteroatoms. The number of carbonyl (C=O) groups is 3. The van der Waals surface area contributed by atoms with Crippen LogP contribution in [0, 0.1) is 5.92 Å². The number of carboxylic acids is 1. The fourth-order valence-corrected chi connectivity index (χ4v) is 3.58. The smallest absolute Gasteiger partial charge is 0.337 e. The van der Waals surface area contributed by atoms with Gasteiger partial charge in [-0.15, -0.1) is 0 Å². The van der Waals surface area contributed by atoms with Crippen LogP contribution in [0.25, 0.3) is 0 Å². The molecule has 5 nitrogen and oxygen atoms in total. The first-order valence-electron chi connectivity index (χ1n) is 6.35. The molecule has 1 heterocycles. The number of aromatic carboxylic acids is 1. The van der Waals surface area contributed by atoms with Gasteiger partial charge < -0.3 is 10.0 Å². The van der Waals surface area contributed by atoms with Crippen molar-refractivity contribution in [2.75, 3.05) is 17.2 Å². The van der Waals surface area contributed by atoms with Gasteiger partial charge in [-0.3, -0.25) is 9.59 Å². The Balaban J connectivity index is 2.25. The number of nitrogens with zero attached hydrogens (tertiary/aromatic N) is 1. The number of hydrogen-bond acceptors (Lipinski definition) is 4. The van der Waals surface area contributed by atoms with Gasteiger partial charge in [0, 0.05) is 30.1 Å². The van der Waals surface area contributed by atoms with Crippen LogP contribution in [0.3, 0.4) is 0 Å². The molecule has 21 heavy (non-hydrogen) atoms. The summed E-state index contributed by atoms with van der Waals surface area (Å²) in [6, 6.07) is 4.82. The minimum absolute atomic E-state index is 0.0213. The van der Waals surface area contributed by atoms with Crippen molar-refractivity contribution in [2.45, 2.75) is 13.3 Å². The molecule has 0 bridgehead atoms. The molecule has 1 saturated heterocycles. The Labute approximate surface area is 134 Å². The molecule has 1 atom stereocenters. The SMILES string of the molecule is CC(=O)SCC1CC(=O)N(c2c(Br)cccc2C(=O)O)C1. The molecule has 0 saturated carbocycles. The normalized spacial score (nSPS) is 18.1. The van der Waals surface area contributed by atoms with Crippen molar-refractivity contribution in [1.82, 2.24) is 0 Å². The van der Waals surface area contributed by atoms with Gasteiger partial charge in [0.1, 0.15) is 0 Å². The standard InChI is InChI=1S/C14H14BrNO4S/c1-8(17)21-7-9-5-12(18)16(6-9)13-10(14(19)20)3-2-4-11(13)15/h2-4,9H,5-7H2,1H3,(H,19,20). The topological polar surface area (TPSA) is 74.7 Å². The van der Waals surface area contributed by atoms with E-state index < -0.39 is 5.97 Å². The van der Waals surface area contributed by atoms with Gasteiger partial charge in [-0.25, -0.2) is 4.79 Å². The van der Waals surface area contributed by atoms with Crippen molar-refractivity contribution in [2.24, 2.45) is 5.92 Å². The van der Waals surface area contributed by atoms with Crippen molar-refractivity contribution >= 4 is 50.4 Å². The summed E-state index contributed by atoms with van der Waals surface area (Å²) >= 11 is 4.52. The van der Waals surface area contributed by atoms with Gasteiger partial charge in [0.2, 0.25) is 5.91 Å². The van der Waals surface area contributed by atoms with Gasteiger partial charge in [0.15, 0.2) is 5.12 Å². The largest absolute Gasteiger partial charge is 0.478 e. The number of thioether (sulfide) groups is 1. The van der Waals surface area contributed by atoms with Crippen molar-refractivity contribution in [3.63, 3.8) is 0 Å². The van der Waals surface area contributed by atoms with Crippen molar-refractivity contribution in [1.29, 1.82) is 0 Å². The molecular formula is C14H14BrNO4S. The maximum Gasteiger partial charge on any atom is 0.337 e. The summed E-state index contributed by atoms with van der Waals surface area (Å²) < 4.78 is 0.579. The molecule has 1 aliphatic heterocycles. The first kappa shape index (κ1) is 16.0. The van der Waals surface area contributed by atoms with E-state index in [-0.39, 0.29) is 22.5 Å². The molecule has 2 rings (SSSR count). The van der Waals surface area contributed by atoms with Crippen LogP contribution in [0.1, 0.15) is 23.7 Å². The highest BCUT2D eigenvalue weighted by molar-refractivity contribution is 9.10. The molecule has 1 amide bonds. The second-order valence-corrected chi connectivity index (χ2v) is 6.87. The van der Waals surface area contributed by atoms with E-state index >= 15 is 0 Å². The second-order valence-electron chi connectivity index (χ2n) is 4.82. The van der Waals surface area contributed by atoms with Crippen LogP contribution in [0.4, 0.5) is 5.69 Å². The molecule has 0 spiro atoms. The first-order chi connectivity index (χ1) is 9.90. The van der Waals surface area contributed by atoms with E-state index in [4.69, 9.17) is 0 Å². The summed E-state index contributed by atoms with van der Waals surface area (Å²) in [5.74, 6) is -0.552. The summed E-state index contributed by atoms with van der Waals surface area (Å²) in [5.41, 5.74) is 0.489. The Kier molecular flexibility index (Phi) is 5.05. The van der Waals surface area contributed by atoms with Crippen LogP contribution < -0.4 is 4.90 Å². The molecule has 1 aromatic carbocycles. The van der Waals surface area contributed by atoms with E-state index in [9.17, 15) is 19.5 Å². The predicted molar refractivity (Wildman–Crippen MR) is 84.7 cm³/mol. The zero-order valence-electron chi connectivity index (χ0n) is 11.3. The lowest BCUT2D eigenvalue weighted by atomic mass is 10.1. The van der Waals surface area contributed by atoms with E-state index in [1.807, 2.05) is 0 Å². The molecule has 0 radical (unpaired) electrons. The fourth-order valence-electron chi connectivity index (χ4n) is 2.31. The summed E-state index contributed by atoms with van der Waals surface area (Å²) in [4.78, 5) is 36.0. The van der Waals surface area contributed by atoms with Crippen LogP contribution in [0.2, 0.25) is 0 Å². The third-order valence-corrected chi connectivity index (χ3v) is 4.90. The number of carbonyl (C=O) groups excluding carboxylic acids is 2. The van der Waals surface area contributed by atoms with E-state index in [0.717, 1.165) is 0 Å². The third-order valence-electron chi connectivity index (χ3n) is 3.21. The highest BCUT2D eigenvalue weighted by Crippen LogP contribution is 2.35. The van der Waals surface area contributed by atoms with Crippen LogP contribution >= 0.6 is 27.7 Å².